The zero-order valence-electron chi connectivity index (χ0n) is 19.5. The van der Waals surface area contributed by atoms with Crippen LogP contribution in [0, 0.1) is 20.8 Å². The first kappa shape index (κ1) is 22.7. The number of benzene rings is 2. The fraction of sp³-hybridized carbons (Fsp3) is 0.385. The Morgan fingerprint density at radius 1 is 1.15 bits per heavy atom. The highest BCUT2D eigenvalue weighted by molar-refractivity contribution is 5.96. The first-order valence-corrected chi connectivity index (χ1v) is 11.3. The fourth-order valence-electron chi connectivity index (χ4n) is 4.20. The number of aromatic nitrogens is 2. The van der Waals surface area contributed by atoms with Crippen LogP contribution in [0.2, 0.25) is 0 Å². The second-order valence-electron chi connectivity index (χ2n) is 8.85. The van der Waals surface area contributed by atoms with Gasteiger partial charge in [0.2, 0.25) is 0 Å². The summed E-state index contributed by atoms with van der Waals surface area (Å²) in [6.45, 7) is 7.42. The highest BCUT2D eigenvalue weighted by Gasteiger charge is 2.28. The number of esters is 1. The molecule has 172 valence electrons. The number of ether oxygens (including phenoxy) is 1. The van der Waals surface area contributed by atoms with Crippen molar-refractivity contribution in [3.8, 4) is 0 Å². The summed E-state index contributed by atoms with van der Waals surface area (Å²) in [5, 5.41) is 3.46. The Bertz CT molecular complexity index is 1270. The number of aryl methyl sites for hydroxylation is 4. The van der Waals surface area contributed by atoms with Gasteiger partial charge in [0.15, 0.2) is 6.10 Å². The molecule has 0 aliphatic heterocycles. The number of para-hydroxylation sites is 1. The number of hydrogen-bond acceptors (Lipinski definition) is 5. The Hall–Kier alpha value is -3.48. The van der Waals surface area contributed by atoms with E-state index in [0.717, 1.165) is 35.2 Å². The highest BCUT2D eigenvalue weighted by Crippen LogP contribution is 2.35. The molecule has 1 unspecified atom stereocenters. The molecule has 1 atom stereocenters. The van der Waals surface area contributed by atoms with Crippen molar-refractivity contribution >= 4 is 28.5 Å². The van der Waals surface area contributed by atoms with Crippen molar-refractivity contribution in [1.82, 2.24) is 9.55 Å². The molecule has 7 nitrogen and oxygen atoms in total. The number of hydrogen-bond donors (Lipinski definition) is 1. The Morgan fingerprint density at radius 3 is 2.48 bits per heavy atom. The second-order valence-corrected chi connectivity index (χ2v) is 8.85. The van der Waals surface area contributed by atoms with Crippen LogP contribution >= 0.6 is 0 Å². The molecule has 2 aromatic carbocycles. The lowest BCUT2D eigenvalue weighted by molar-refractivity contribution is -0.153. The van der Waals surface area contributed by atoms with Gasteiger partial charge < -0.3 is 10.1 Å². The van der Waals surface area contributed by atoms with Gasteiger partial charge in [0.05, 0.1) is 17.3 Å². The maximum Gasteiger partial charge on any atom is 0.307 e. The third-order valence-electron chi connectivity index (χ3n) is 5.95. The molecule has 0 saturated heterocycles. The molecule has 7 heteroatoms. The Labute approximate surface area is 192 Å². The lowest BCUT2D eigenvalue weighted by Gasteiger charge is -2.17. The standard InChI is InChI=1S/C26H29N3O4/c1-15-13-16(2)24(17(3)14-15)28-25(31)18(4)33-23(30)12-11-22-27-21-8-6-5-7-20(21)26(32)29(22)19-9-10-19/h5-8,13-14,18-19H,9-12H2,1-4H3,(H,28,31). The highest BCUT2D eigenvalue weighted by atomic mass is 16.5. The lowest BCUT2D eigenvalue weighted by Crippen LogP contribution is -2.31. The molecular formula is C26H29N3O4. The molecule has 1 aliphatic carbocycles. The molecule has 1 amide bonds. The molecule has 4 rings (SSSR count). The van der Waals surface area contributed by atoms with Gasteiger partial charge in [-0.05, 0) is 63.8 Å². The van der Waals surface area contributed by atoms with Crippen molar-refractivity contribution in [2.75, 3.05) is 5.32 Å². The Kier molecular flexibility index (Phi) is 6.31. The molecule has 0 radical (unpaired) electrons. The van der Waals surface area contributed by atoms with Crippen molar-refractivity contribution in [2.45, 2.75) is 65.5 Å². The topological polar surface area (TPSA) is 90.3 Å². The molecule has 0 bridgehead atoms. The molecule has 33 heavy (non-hydrogen) atoms. The number of amides is 1. The van der Waals surface area contributed by atoms with E-state index in [1.807, 2.05) is 45.0 Å². The van der Waals surface area contributed by atoms with Gasteiger partial charge in [-0.3, -0.25) is 19.0 Å². The summed E-state index contributed by atoms with van der Waals surface area (Å²) in [4.78, 5) is 42.7. The summed E-state index contributed by atoms with van der Waals surface area (Å²) < 4.78 is 7.09. The van der Waals surface area contributed by atoms with E-state index in [4.69, 9.17) is 4.74 Å². The van der Waals surface area contributed by atoms with Gasteiger partial charge in [0.25, 0.3) is 11.5 Å². The normalized spacial score (nSPS) is 14.2. The number of fused-ring (bicyclic) bond motifs is 1. The predicted molar refractivity (Wildman–Crippen MR) is 127 cm³/mol. The van der Waals surface area contributed by atoms with Gasteiger partial charge in [-0.1, -0.05) is 29.8 Å². The van der Waals surface area contributed by atoms with E-state index < -0.39 is 12.1 Å². The molecule has 1 fully saturated rings. The molecule has 1 aromatic heterocycles. The van der Waals surface area contributed by atoms with Crippen LogP contribution in [0.1, 0.15) is 54.7 Å². The van der Waals surface area contributed by atoms with E-state index in [1.165, 1.54) is 0 Å². The maximum absolute atomic E-state index is 12.9. The minimum absolute atomic E-state index is 0.0394. The number of rotatable bonds is 7. The van der Waals surface area contributed by atoms with Crippen LogP contribution in [0.15, 0.2) is 41.2 Å². The van der Waals surface area contributed by atoms with Crippen molar-refractivity contribution < 1.29 is 14.3 Å². The summed E-state index contributed by atoms with van der Waals surface area (Å²) in [5.41, 5.74) is 4.33. The smallest absolute Gasteiger partial charge is 0.307 e. The summed E-state index contributed by atoms with van der Waals surface area (Å²) in [6.07, 6.45) is 1.25. The van der Waals surface area contributed by atoms with E-state index >= 15 is 0 Å². The van der Waals surface area contributed by atoms with Gasteiger partial charge in [-0.15, -0.1) is 0 Å². The van der Waals surface area contributed by atoms with Crippen LogP contribution in [0.3, 0.4) is 0 Å². The second kappa shape index (κ2) is 9.17. The zero-order valence-corrected chi connectivity index (χ0v) is 19.5. The summed E-state index contributed by atoms with van der Waals surface area (Å²) >= 11 is 0. The summed E-state index contributed by atoms with van der Waals surface area (Å²) in [6, 6.07) is 11.4. The SMILES string of the molecule is Cc1cc(C)c(NC(=O)C(C)OC(=O)CCc2nc3ccccc3c(=O)n2C2CC2)c(C)c1. The van der Waals surface area contributed by atoms with Crippen LogP contribution in [-0.4, -0.2) is 27.5 Å². The number of carbonyl (C=O) groups excluding carboxylic acids is 2. The van der Waals surface area contributed by atoms with Gasteiger partial charge in [0.1, 0.15) is 5.82 Å². The van der Waals surface area contributed by atoms with Crippen molar-refractivity contribution in [3.05, 3.63) is 69.3 Å². The average molecular weight is 448 g/mol. The molecule has 1 N–H and O–H groups in total. The minimum atomic E-state index is -0.937. The van der Waals surface area contributed by atoms with Gasteiger partial charge in [0, 0.05) is 18.2 Å². The minimum Gasteiger partial charge on any atom is -0.453 e. The van der Waals surface area contributed by atoms with Crippen LogP contribution in [0.5, 0.6) is 0 Å². The Morgan fingerprint density at radius 2 is 1.82 bits per heavy atom. The number of anilines is 1. The lowest BCUT2D eigenvalue weighted by atomic mass is 10.0. The van der Waals surface area contributed by atoms with Crippen LogP contribution in [-0.2, 0) is 20.7 Å². The zero-order chi connectivity index (χ0) is 23.7. The van der Waals surface area contributed by atoms with E-state index in [9.17, 15) is 14.4 Å². The quantitative estimate of drug-likeness (QED) is 0.549. The van der Waals surface area contributed by atoms with Crippen LogP contribution in [0.25, 0.3) is 10.9 Å². The Balaban J connectivity index is 1.41. The molecule has 0 spiro atoms. The molecule has 1 heterocycles. The first-order valence-electron chi connectivity index (χ1n) is 11.3. The predicted octanol–water partition coefficient (Wildman–Crippen LogP) is 4.16. The van der Waals surface area contributed by atoms with Gasteiger partial charge in [-0.25, -0.2) is 4.98 Å². The number of carbonyl (C=O) groups is 2. The van der Waals surface area contributed by atoms with Crippen molar-refractivity contribution in [1.29, 1.82) is 0 Å². The van der Waals surface area contributed by atoms with Crippen molar-refractivity contribution in [2.24, 2.45) is 0 Å². The third kappa shape index (κ3) is 4.97. The summed E-state index contributed by atoms with van der Waals surface area (Å²) in [7, 11) is 0. The third-order valence-corrected chi connectivity index (χ3v) is 5.95. The first-order chi connectivity index (χ1) is 15.7. The number of nitrogens with one attached hydrogen (secondary N) is 1. The van der Waals surface area contributed by atoms with E-state index in [0.29, 0.717) is 16.7 Å². The fourth-order valence-corrected chi connectivity index (χ4v) is 4.20. The summed E-state index contributed by atoms with van der Waals surface area (Å²) in [5.74, 6) is -0.293. The van der Waals surface area contributed by atoms with Crippen LogP contribution < -0.4 is 10.9 Å². The molecule has 3 aromatic rings. The van der Waals surface area contributed by atoms with E-state index in [-0.39, 0.29) is 30.3 Å². The molecular weight excluding hydrogens is 418 g/mol. The number of nitrogens with zero attached hydrogens (tertiary/aromatic N) is 2. The van der Waals surface area contributed by atoms with E-state index in [2.05, 4.69) is 10.3 Å². The molecule has 1 aliphatic rings. The maximum atomic E-state index is 12.9. The van der Waals surface area contributed by atoms with Gasteiger partial charge >= 0.3 is 5.97 Å². The monoisotopic (exact) mass is 447 g/mol. The largest absolute Gasteiger partial charge is 0.453 e. The van der Waals surface area contributed by atoms with Crippen LogP contribution in [0.4, 0.5) is 5.69 Å². The molecule has 1 saturated carbocycles. The average Bonchev–Trinajstić information content (AvgIpc) is 3.59. The van der Waals surface area contributed by atoms with Gasteiger partial charge in [-0.2, -0.15) is 0 Å². The van der Waals surface area contributed by atoms with E-state index in [1.54, 1.807) is 23.6 Å². The van der Waals surface area contributed by atoms with Crippen molar-refractivity contribution in [3.63, 3.8) is 0 Å².